The van der Waals surface area contributed by atoms with Gasteiger partial charge in [-0.15, -0.1) is 0 Å². The topological polar surface area (TPSA) is 88.4 Å². The van der Waals surface area contributed by atoms with Crippen LogP contribution in [0.1, 0.15) is 47.1 Å². The minimum absolute atomic E-state index is 0.0183. The molecule has 1 heterocycles. The third-order valence-electron chi connectivity index (χ3n) is 4.84. The van der Waals surface area contributed by atoms with E-state index in [-0.39, 0.29) is 24.7 Å². The molecule has 1 saturated carbocycles. The molecule has 0 saturated heterocycles. The van der Waals surface area contributed by atoms with Crippen molar-refractivity contribution < 1.29 is 14.6 Å². The van der Waals surface area contributed by atoms with Gasteiger partial charge in [-0.25, -0.2) is 9.48 Å². The highest BCUT2D eigenvalue weighted by atomic mass is 16.5. The average molecular weight is 324 g/mol. The van der Waals surface area contributed by atoms with Gasteiger partial charge in [0, 0.05) is 37.1 Å². The number of anilines is 1. The molecule has 1 aromatic heterocycles. The molecular weight excluding hydrogens is 296 g/mol. The van der Waals surface area contributed by atoms with Crippen molar-refractivity contribution in [3.63, 3.8) is 0 Å². The fraction of sp³-hybridized carbons (Fsp3) is 0.750. The van der Waals surface area contributed by atoms with Crippen molar-refractivity contribution in [1.82, 2.24) is 15.1 Å². The summed E-state index contributed by atoms with van der Waals surface area (Å²) >= 11 is 0. The van der Waals surface area contributed by atoms with E-state index in [2.05, 4.69) is 15.7 Å². The van der Waals surface area contributed by atoms with Gasteiger partial charge in [0.2, 0.25) is 0 Å². The number of ether oxygens (including phenoxy) is 1. The second-order valence-corrected chi connectivity index (χ2v) is 6.96. The van der Waals surface area contributed by atoms with Crippen LogP contribution in [0.25, 0.3) is 0 Å². The minimum Gasteiger partial charge on any atom is -0.387 e. The zero-order chi connectivity index (χ0) is 17.3. The molecule has 3 N–H and O–H groups in total. The molecule has 7 heteroatoms. The monoisotopic (exact) mass is 324 g/mol. The van der Waals surface area contributed by atoms with Gasteiger partial charge in [-0.05, 0) is 20.8 Å². The number of nitrogens with zero attached hydrogens (tertiary/aromatic N) is 2. The molecule has 1 aromatic rings. The molecule has 0 aromatic carbocycles. The first-order chi connectivity index (χ1) is 10.7. The van der Waals surface area contributed by atoms with Crippen molar-refractivity contribution in [2.45, 2.75) is 58.8 Å². The van der Waals surface area contributed by atoms with Crippen LogP contribution in [-0.4, -0.2) is 45.8 Å². The van der Waals surface area contributed by atoms with E-state index in [9.17, 15) is 9.90 Å². The number of carbonyl (C=O) groups excluding carboxylic acids is 1. The quantitative estimate of drug-likeness (QED) is 0.748. The average Bonchev–Trinajstić information content (AvgIpc) is 2.93. The Kier molecular flexibility index (Phi) is 5.01. The van der Waals surface area contributed by atoms with E-state index in [4.69, 9.17) is 4.74 Å². The van der Waals surface area contributed by atoms with E-state index >= 15 is 0 Å². The van der Waals surface area contributed by atoms with Crippen LogP contribution in [0.4, 0.5) is 10.6 Å². The second-order valence-electron chi connectivity index (χ2n) is 6.96. The van der Waals surface area contributed by atoms with Crippen molar-refractivity contribution in [2.75, 3.05) is 18.5 Å². The third-order valence-corrected chi connectivity index (χ3v) is 4.84. The smallest absolute Gasteiger partial charge is 0.320 e. The Hall–Kier alpha value is -1.60. The highest BCUT2D eigenvalue weighted by Gasteiger charge is 2.59. The maximum absolute atomic E-state index is 12.1. The molecule has 2 rings (SSSR count). The standard InChI is InChI=1S/C16H28N4O3/c1-6-23-12-9-16(22,15(12,4)5)10-17-14(21)19-13-7-8-18-20(13)11(2)3/h7-8,11-12,22H,6,9-10H2,1-5H3,(H2,17,19,21). The first-order valence-electron chi connectivity index (χ1n) is 8.13. The van der Waals surface area contributed by atoms with Crippen molar-refractivity contribution >= 4 is 11.8 Å². The summed E-state index contributed by atoms with van der Waals surface area (Å²) in [5.41, 5.74) is -1.35. The van der Waals surface area contributed by atoms with Crippen molar-refractivity contribution in [3.05, 3.63) is 12.3 Å². The highest BCUT2D eigenvalue weighted by molar-refractivity contribution is 5.88. The number of carbonyl (C=O) groups is 1. The predicted octanol–water partition coefficient (Wildman–Crippen LogP) is 2.15. The number of hydrogen-bond acceptors (Lipinski definition) is 4. The van der Waals surface area contributed by atoms with E-state index in [1.807, 2.05) is 34.6 Å². The first-order valence-corrected chi connectivity index (χ1v) is 8.13. The molecule has 23 heavy (non-hydrogen) atoms. The summed E-state index contributed by atoms with van der Waals surface area (Å²) < 4.78 is 7.35. The van der Waals surface area contributed by atoms with Crippen LogP contribution < -0.4 is 10.6 Å². The summed E-state index contributed by atoms with van der Waals surface area (Å²) in [7, 11) is 0. The van der Waals surface area contributed by atoms with E-state index in [0.717, 1.165) is 0 Å². The number of urea groups is 1. The van der Waals surface area contributed by atoms with Gasteiger partial charge in [0.1, 0.15) is 5.82 Å². The molecule has 1 aliphatic carbocycles. The van der Waals surface area contributed by atoms with Crippen LogP contribution in [-0.2, 0) is 4.74 Å². The molecule has 1 fully saturated rings. The summed E-state index contributed by atoms with van der Waals surface area (Å²) in [6.45, 7) is 10.7. The lowest BCUT2D eigenvalue weighted by Gasteiger charge is -2.57. The Morgan fingerprint density at radius 3 is 2.83 bits per heavy atom. The molecule has 2 amide bonds. The maximum Gasteiger partial charge on any atom is 0.320 e. The molecule has 130 valence electrons. The zero-order valence-electron chi connectivity index (χ0n) is 14.6. The number of nitrogens with one attached hydrogen (secondary N) is 2. The first kappa shape index (κ1) is 17.7. The summed E-state index contributed by atoms with van der Waals surface area (Å²) in [6.07, 6.45) is 2.19. The maximum atomic E-state index is 12.1. The summed E-state index contributed by atoms with van der Waals surface area (Å²) in [5, 5.41) is 20.4. The normalized spacial score (nSPS) is 26.0. The molecule has 0 aliphatic heterocycles. The lowest BCUT2D eigenvalue weighted by Crippen LogP contribution is -2.68. The molecule has 2 atom stereocenters. The lowest BCUT2D eigenvalue weighted by atomic mass is 9.56. The SMILES string of the molecule is CCOC1CC(O)(CNC(=O)Nc2ccnn2C(C)C)C1(C)C. The van der Waals surface area contributed by atoms with E-state index < -0.39 is 11.0 Å². The second kappa shape index (κ2) is 6.49. The fourth-order valence-electron chi connectivity index (χ4n) is 2.97. The summed E-state index contributed by atoms with van der Waals surface area (Å²) in [5.74, 6) is 0.629. The van der Waals surface area contributed by atoms with Gasteiger partial charge >= 0.3 is 6.03 Å². The Bertz CT molecular complexity index is 555. The van der Waals surface area contributed by atoms with E-state index in [1.165, 1.54) is 0 Å². The third kappa shape index (κ3) is 3.35. The fourth-order valence-corrected chi connectivity index (χ4v) is 2.97. The number of aromatic nitrogens is 2. The van der Waals surface area contributed by atoms with Gasteiger partial charge in [-0.2, -0.15) is 5.10 Å². The van der Waals surface area contributed by atoms with Gasteiger partial charge in [-0.1, -0.05) is 13.8 Å². The Labute approximate surface area is 137 Å². The van der Waals surface area contributed by atoms with Crippen LogP contribution in [0.15, 0.2) is 12.3 Å². The van der Waals surface area contributed by atoms with Crippen LogP contribution in [0, 0.1) is 5.41 Å². The molecule has 1 aliphatic rings. The summed E-state index contributed by atoms with van der Waals surface area (Å²) in [6, 6.07) is 1.55. The van der Waals surface area contributed by atoms with Gasteiger partial charge < -0.3 is 15.2 Å². The Morgan fingerprint density at radius 1 is 1.57 bits per heavy atom. The van der Waals surface area contributed by atoms with E-state index in [1.54, 1.807) is 16.9 Å². The molecule has 7 nitrogen and oxygen atoms in total. The summed E-state index contributed by atoms with van der Waals surface area (Å²) in [4.78, 5) is 12.1. The predicted molar refractivity (Wildman–Crippen MR) is 88.4 cm³/mol. The number of aliphatic hydroxyl groups is 1. The molecular formula is C16H28N4O3. The molecule has 0 spiro atoms. The van der Waals surface area contributed by atoms with Crippen LogP contribution in [0.3, 0.4) is 0 Å². The largest absolute Gasteiger partial charge is 0.387 e. The van der Waals surface area contributed by atoms with Gasteiger partial charge in [-0.3, -0.25) is 5.32 Å². The van der Waals surface area contributed by atoms with Crippen molar-refractivity contribution in [2.24, 2.45) is 5.41 Å². The number of rotatable bonds is 6. The Morgan fingerprint density at radius 2 is 2.26 bits per heavy atom. The van der Waals surface area contributed by atoms with Gasteiger partial charge in [0.05, 0.1) is 17.9 Å². The van der Waals surface area contributed by atoms with Crippen molar-refractivity contribution in [3.8, 4) is 0 Å². The molecule has 0 radical (unpaired) electrons. The lowest BCUT2D eigenvalue weighted by molar-refractivity contribution is -0.237. The van der Waals surface area contributed by atoms with Crippen molar-refractivity contribution in [1.29, 1.82) is 0 Å². The minimum atomic E-state index is -0.956. The molecule has 0 bridgehead atoms. The number of amides is 2. The zero-order valence-corrected chi connectivity index (χ0v) is 14.6. The van der Waals surface area contributed by atoms with E-state index in [0.29, 0.717) is 18.8 Å². The highest BCUT2D eigenvalue weighted by Crippen LogP contribution is 2.50. The number of hydrogen-bond donors (Lipinski definition) is 3. The van der Waals surface area contributed by atoms with Gasteiger partial charge in [0.15, 0.2) is 0 Å². The molecule has 2 unspecified atom stereocenters. The van der Waals surface area contributed by atoms with Crippen LogP contribution in [0.5, 0.6) is 0 Å². The van der Waals surface area contributed by atoms with Gasteiger partial charge in [0.25, 0.3) is 0 Å². The Balaban J connectivity index is 1.89. The van der Waals surface area contributed by atoms with Crippen LogP contribution in [0.2, 0.25) is 0 Å². The van der Waals surface area contributed by atoms with Crippen LogP contribution >= 0.6 is 0 Å².